The summed E-state index contributed by atoms with van der Waals surface area (Å²) in [7, 11) is 1.63. The Hall–Kier alpha value is -1.06. The van der Waals surface area contributed by atoms with E-state index in [9.17, 15) is 5.11 Å². The lowest BCUT2D eigenvalue weighted by Gasteiger charge is -2.11. The molecule has 0 saturated heterocycles. The Balaban J connectivity index is 2.57. The van der Waals surface area contributed by atoms with Gasteiger partial charge in [-0.05, 0) is 24.2 Å². The fourth-order valence-electron chi connectivity index (χ4n) is 1.22. The van der Waals surface area contributed by atoms with Gasteiger partial charge in [0, 0.05) is 6.54 Å². The van der Waals surface area contributed by atoms with Crippen molar-refractivity contribution in [2.45, 2.75) is 13.0 Å². The highest BCUT2D eigenvalue weighted by Crippen LogP contribution is 2.16. The van der Waals surface area contributed by atoms with Gasteiger partial charge in [0.2, 0.25) is 0 Å². The maximum atomic E-state index is 9.71. The van der Waals surface area contributed by atoms with Gasteiger partial charge >= 0.3 is 0 Å². The molecule has 1 aromatic carbocycles. The van der Waals surface area contributed by atoms with E-state index < -0.39 is 6.10 Å². The number of hydrogen-bond acceptors (Lipinski definition) is 3. The summed E-state index contributed by atoms with van der Waals surface area (Å²) >= 11 is 0. The highest BCUT2D eigenvalue weighted by molar-refractivity contribution is 5.28. The first-order valence-corrected chi connectivity index (χ1v) is 4.80. The Labute approximate surface area is 84.7 Å². The molecule has 2 N–H and O–H groups in total. The fourth-order valence-corrected chi connectivity index (χ4v) is 1.22. The molecular weight excluding hydrogens is 178 g/mol. The van der Waals surface area contributed by atoms with Crippen molar-refractivity contribution in [3.8, 4) is 5.75 Å². The van der Waals surface area contributed by atoms with Gasteiger partial charge in [0.25, 0.3) is 0 Å². The third kappa shape index (κ3) is 3.01. The second-order valence-electron chi connectivity index (χ2n) is 3.10. The number of likely N-dealkylation sites (N-methyl/N-ethyl adjacent to an activating group) is 1. The zero-order valence-electron chi connectivity index (χ0n) is 8.66. The van der Waals surface area contributed by atoms with E-state index in [4.69, 9.17) is 4.74 Å². The number of benzene rings is 1. The number of aliphatic hydroxyl groups excluding tert-OH is 1. The normalized spacial score (nSPS) is 12.5. The van der Waals surface area contributed by atoms with Crippen molar-refractivity contribution in [2.24, 2.45) is 0 Å². The van der Waals surface area contributed by atoms with Gasteiger partial charge in [-0.1, -0.05) is 19.1 Å². The van der Waals surface area contributed by atoms with Crippen LogP contribution in [0.5, 0.6) is 5.75 Å². The Bertz CT molecular complexity index is 258. The first-order valence-electron chi connectivity index (χ1n) is 4.80. The monoisotopic (exact) mass is 195 g/mol. The number of ether oxygens (including phenoxy) is 1. The van der Waals surface area contributed by atoms with Gasteiger partial charge in [-0.15, -0.1) is 0 Å². The predicted octanol–water partition coefficient (Wildman–Crippen LogP) is 1.34. The van der Waals surface area contributed by atoms with Gasteiger partial charge in [-0.2, -0.15) is 0 Å². The number of rotatable bonds is 5. The molecule has 1 aromatic rings. The van der Waals surface area contributed by atoms with E-state index >= 15 is 0 Å². The minimum absolute atomic E-state index is 0.444. The van der Waals surface area contributed by atoms with Crippen molar-refractivity contribution in [1.29, 1.82) is 0 Å². The molecule has 0 bridgehead atoms. The van der Waals surface area contributed by atoms with Crippen molar-refractivity contribution >= 4 is 0 Å². The molecule has 0 aliphatic rings. The lowest BCUT2D eigenvalue weighted by atomic mass is 10.1. The Morgan fingerprint density at radius 3 is 2.50 bits per heavy atom. The van der Waals surface area contributed by atoms with Gasteiger partial charge in [0.15, 0.2) is 0 Å². The second-order valence-corrected chi connectivity index (χ2v) is 3.10. The average molecular weight is 195 g/mol. The molecular formula is C11H17NO2. The third-order valence-electron chi connectivity index (χ3n) is 2.09. The Morgan fingerprint density at radius 1 is 1.36 bits per heavy atom. The zero-order valence-corrected chi connectivity index (χ0v) is 8.66. The summed E-state index contributed by atoms with van der Waals surface area (Å²) in [5, 5.41) is 12.8. The molecule has 1 atom stereocenters. The lowest BCUT2D eigenvalue weighted by Crippen LogP contribution is -2.20. The van der Waals surface area contributed by atoms with E-state index in [0.717, 1.165) is 17.9 Å². The van der Waals surface area contributed by atoms with Crippen LogP contribution in [0.1, 0.15) is 18.6 Å². The van der Waals surface area contributed by atoms with Crippen LogP contribution in [0.2, 0.25) is 0 Å². The Kier molecular flexibility index (Phi) is 4.43. The number of nitrogens with one attached hydrogen (secondary N) is 1. The fraction of sp³-hybridized carbons (Fsp3) is 0.455. The maximum Gasteiger partial charge on any atom is 0.118 e. The minimum atomic E-state index is -0.444. The van der Waals surface area contributed by atoms with Crippen molar-refractivity contribution < 1.29 is 9.84 Å². The van der Waals surface area contributed by atoms with E-state index in [1.165, 1.54) is 0 Å². The molecule has 1 unspecified atom stereocenters. The molecule has 0 amide bonds. The largest absolute Gasteiger partial charge is 0.497 e. The van der Waals surface area contributed by atoms with Crippen LogP contribution >= 0.6 is 0 Å². The standard InChI is InChI=1S/C11H17NO2/c1-3-12-8-11(13)9-4-6-10(14-2)7-5-9/h4-7,11-13H,3,8H2,1-2H3. The van der Waals surface area contributed by atoms with Gasteiger partial charge in [-0.25, -0.2) is 0 Å². The number of methoxy groups -OCH3 is 1. The lowest BCUT2D eigenvalue weighted by molar-refractivity contribution is 0.175. The first-order chi connectivity index (χ1) is 6.77. The molecule has 0 fully saturated rings. The van der Waals surface area contributed by atoms with Crippen LogP contribution in [0.3, 0.4) is 0 Å². The quantitative estimate of drug-likeness (QED) is 0.745. The van der Waals surface area contributed by atoms with E-state index in [2.05, 4.69) is 5.32 Å². The highest BCUT2D eigenvalue weighted by atomic mass is 16.5. The third-order valence-corrected chi connectivity index (χ3v) is 2.09. The molecule has 3 nitrogen and oxygen atoms in total. The molecule has 0 aromatic heterocycles. The summed E-state index contributed by atoms with van der Waals surface area (Å²) < 4.78 is 5.03. The molecule has 14 heavy (non-hydrogen) atoms. The molecule has 0 saturated carbocycles. The smallest absolute Gasteiger partial charge is 0.118 e. The van der Waals surface area contributed by atoms with Crippen molar-refractivity contribution in [3.63, 3.8) is 0 Å². The average Bonchev–Trinajstić information content (AvgIpc) is 2.26. The molecule has 0 spiro atoms. The van der Waals surface area contributed by atoms with Crippen molar-refractivity contribution in [1.82, 2.24) is 5.32 Å². The Morgan fingerprint density at radius 2 is 2.00 bits per heavy atom. The predicted molar refractivity (Wildman–Crippen MR) is 56.5 cm³/mol. The minimum Gasteiger partial charge on any atom is -0.497 e. The molecule has 1 rings (SSSR count). The summed E-state index contributed by atoms with van der Waals surface area (Å²) in [6, 6.07) is 7.46. The van der Waals surface area contributed by atoms with Crippen LogP contribution in [0.15, 0.2) is 24.3 Å². The highest BCUT2D eigenvalue weighted by Gasteiger charge is 2.05. The molecule has 0 aliphatic carbocycles. The maximum absolute atomic E-state index is 9.71. The van der Waals surface area contributed by atoms with Crippen LogP contribution < -0.4 is 10.1 Å². The molecule has 78 valence electrons. The van der Waals surface area contributed by atoms with Crippen LogP contribution in [0.25, 0.3) is 0 Å². The molecule has 3 heteroatoms. The summed E-state index contributed by atoms with van der Waals surface area (Å²) in [5.74, 6) is 0.810. The molecule has 0 aliphatic heterocycles. The molecule has 0 heterocycles. The van der Waals surface area contributed by atoms with E-state index in [-0.39, 0.29) is 0 Å². The van der Waals surface area contributed by atoms with E-state index in [0.29, 0.717) is 6.54 Å². The van der Waals surface area contributed by atoms with E-state index in [1.54, 1.807) is 7.11 Å². The second kappa shape index (κ2) is 5.62. The summed E-state index contributed by atoms with van der Waals surface area (Å²) in [6.07, 6.45) is -0.444. The zero-order chi connectivity index (χ0) is 10.4. The van der Waals surface area contributed by atoms with Gasteiger partial charge < -0.3 is 15.2 Å². The summed E-state index contributed by atoms with van der Waals surface area (Å²) in [5.41, 5.74) is 0.909. The van der Waals surface area contributed by atoms with Gasteiger partial charge in [0.1, 0.15) is 5.75 Å². The number of hydrogen-bond donors (Lipinski definition) is 2. The van der Waals surface area contributed by atoms with E-state index in [1.807, 2.05) is 31.2 Å². The van der Waals surface area contributed by atoms with Crippen LogP contribution in [0, 0.1) is 0 Å². The van der Waals surface area contributed by atoms with Crippen molar-refractivity contribution in [3.05, 3.63) is 29.8 Å². The van der Waals surface area contributed by atoms with Crippen LogP contribution in [0.4, 0.5) is 0 Å². The first kappa shape index (κ1) is 11.0. The van der Waals surface area contributed by atoms with Gasteiger partial charge in [0.05, 0.1) is 13.2 Å². The molecule has 0 radical (unpaired) electrons. The van der Waals surface area contributed by atoms with Gasteiger partial charge in [-0.3, -0.25) is 0 Å². The number of aliphatic hydroxyl groups is 1. The summed E-state index contributed by atoms with van der Waals surface area (Å²) in [4.78, 5) is 0. The summed E-state index contributed by atoms with van der Waals surface area (Å²) in [6.45, 7) is 3.47. The van der Waals surface area contributed by atoms with Crippen LogP contribution in [-0.2, 0) is 0 Å². The SMILES string of the molecule is CCNCC(O)c1ccc(OC)cc1. The van der Waals surface area contributed by atoms with Crippen molar-refractivity contribution in [2.75, 3.05) is 20.2 Å². The topological polar surface area (TPSA) is 41.5 Å². The van der Waals surface area contributed by atoms with Crippen LogP contribution in [-0.4, -0.2) is 25.3 Å².